The van der Waals surface area contributed by atoms with Crippen LogP contribution >= 0.6 is 11.6 Å². The van der Waals surface area contributed by atoms with E-state index in [2.05, 4.69) is 4.98 Å². The van der Waals surface area contributed by atoms with E-state index in [1.165, 1.54) is 18.3 Å². The highest BCUT2D eigenvalue weighted by Gasteiger charge is 2.22. The van der Waals surface area contributed by atoms with E-state index in [4.69, 9.17) is 21.1 Å². The molecule has 6 heteroatoms. The smallest absolute Gasteiger partial charge is 0.339 e. The molecule has 1 aromatic heterocycles. The fourth-order valence-electron chi connectivity index (χ4n) is 3.90. The fourth-order valence-corrected chi connectivity index (χ4v) is 4.07. The third-order valence-electron chi connectivity index (χ3n) is 5.39. The minimum absolute atomic E-state index is 0.277. The molecule has 4 rings (SSSR count). The first-order valence-corrected chi connectivity index (χ1v) is 10.9. The van der Waals surface area contributed by atoms with Gasteiger partial charge in [-0.25, -0.2) is 9.18 Å². The van der Waals surface area contributed by atoms with E-state index in [-0.39, 0.29) is 11.8 Å². The molecule has 32 heavy (non-hydrogen) atoms. The number of rotatable bonds is 7. The molecule has 1 aliphatic rings. The van der Waals surface area contributed by atoms with E-state index in [9.17, 15) is 9.18 Å². The van der Waals surface area contributed by atoms with Gasteiger partial charge in [-0.2, -0.15) is 0 Å². The van der Waals surface area contributed by atoms with Crippen molar-refractivity contribution in [2.75, 3.05) is 6.61 Å². The molecule has 0 spiro atoms. The highest BCUT2D eigenvalue weighted by molar-refractivity contribution is 6.30. The van der Waals surface area contributed by atoms with Crippen LogP contribution in [0.5, 0.6) is 5.75 Å². The number of hydrogen-bond acceptors (Lipinski definition) is 4. The van der Waals surface area contributed by atoms with Crippen LogP contribution in [0.4, 0.5) is 4.39 Å². The number of halogens is 2. The maximum absolute atomic E-state index is 13.2. The van der Waals surface area contributed by atoms with Crippen molar-refractivity contribution >= 4 is 28.7 Å². The second kappa shape index (κ2) is 9.96. The molecular weight excluding hydrogens is 429 g/mol. The summed E-state index contributed by atoms with van der Waals surface area (Å²) in [6.45, 7) is 2.41. The Morgan fingerprint density at radius 3 is 2.62 bits per heavy atom. The second-order valence-electron chi connectivity index (χ2n) is 7.55. The van der Waals surface area contributed by atoms with E-state index in [0.717, 1.165) is 47.1 Å². The molecule has 1 aliphatic carbocycles. The predicted octanol–water partition coefficient (Wildman–Crippen LogP) is 6.72. The van der Waals surface area contributed by atoms with Crippen molar-refractivity contribution in [1.29, 1.82) is 0 Å². The SMILES string of the molecule is CCOC(=O)c1cncc(C2=C(c3cc(Cl)ccc3OCc3ccc(F)cc3)CCC2)c1. The zero-order valence-electron chi connectivity index (χ0n) is 17.7. The number of ether oxygens (including phenoxy) is 2. The first-order valence-electron chi connectivity index (χ1n) is 10.6. The minimum Gasteiger partial charge on any atom is -0.488 e. The van der Waals surface area contributed by atoms with Crippen LogP contribution in [0.3, 0.4) is 0 Å². The molecular formula is C26H23ClFNO3. The highest BCUT2D eigenvalue weighted by atomic mass is 35.5. The number of benzene rings is 2. The molecule has 0 N–H and O–H groups in total. The largest absolute Gasteiger partial charge is 0.488 e. The third kappa shape index (κ3) is 5.00. The Bertz CT molecular complexity index is 1160. The number of carbonyl (C=O) groups excluding carboxylic acids is 1. The fraction of sp³-hybridized carbons (Fsp3) is 0.231. The van der Waals surface area contributed by atoms with Gasteiger partial charge in [0.1, 0.15) is 18.2 Å². The van der Waals surface area contributed by atoms with Gasteiger partial charge in [0.2, 0.25) is 0 Å². The summed E-state index contributed by atoms with van der Waals surface area (Å²) in [5, 5.41) is 0.617. The Morgan fingerprint density at radius 1 is 1.06 bits per heavy atom. The van der Waals surface area contributed by atoms with Crippen LogP contribution in [-0.2, 0) is 11.3 Å². The molecule has 0 atom stereocenters. The first-order chi connectivity index (χ1) is 15.5. The normalized spacial score (nSPS) is 13.3. The summed E-state index contributed by atoms with van der Waals surface area (Å²) in [5.74, 6) is 0.0519. The average Bonchev–Trinajstić information content (AvgIpc) is 3.29. The molecule has 0 bridgehead atoms. The van der Waals surface area contributed by atoms with E-state index >= 15 is 0 Å². The molecule has 0 radical (unpaired) electrons. The lowest BCUT2D eigenvalue weighted by molar-refractivity contribution is 0.0526. The molecule has 0 saturated heterocycles. The monoisotopic (exact) mass is 451 g/mol. The summed E-state index contributed by atoms with van der Waals surface area (Å²) in [5.41, 5.74) is 5.38. The minimum atomic E-state index is -0.381. The summed E-state index contributed by atoms with van der Waals surface area (Å²) in [4.78, 5) is 16.4. The van der Waals surface area contributed by atoms with Gasteiger partial charge in [0.05, 0.1) is 12.2 Å². The van der Waals surface area contributed by atoms with Crippen LogP contribution in [0.1, 0.15) is 53.2 Å². The van der Waals surface area contributed by atoms with Crippen molar-refractivity contribution in [3.05, 3.63) is 94.0 Å². The average molecular weight is 452 g/mol. The van der Waals surface area contributed by atoms with Gasteiger partial charge < -0.3 is 9.47 Å². The van der Waals surface area contributed by atoms with E-state index in [1.807, 2.05) is 18.2 Å². The van der Waals surface area contributed by atoms with Crippen LogP contribution < -0.4 is 4.74 Å². The second-order valence-corrected chi connectivity index (χ2v) is 7.99. The number of pyridine rings is 1. The summed E-state index contributed by atoms with van der Waals surface area (Å²) in [7, 11) is 0. The molecule has 0 aliphatic heterocycles. The Balaban J connectivity index is 1.68. The summed E-state index contributed by atoms with van der Waals surface area (Å²) < 4.78 is 24.4. The molecule has 0 amide bonds. The van der Waals surface area contributed by atoms with Gasteiger partial charge in [-0.1, -0.05) is 23.7 Å². The van der Waals surface area contributed by atoms with E-state index in [1.54, 1.807) is 31.3 Å². The Morgan fingerprint density at radius 2 is 1.84 bits per heavy atom. The molecule has 0 saturated carbocycles. The van der Waals surface area contributed by atoms with Crippen molar-refractivity contribution in [1.82, 2.24) is 4.98 Å². The summed E-state index contributed by atoms with van der Waals surface area (Å²) in [6.07, 6.45) is 6.01. The maximum atomic E-state index is 13.2. The van der Waals surface area contributed by atoms with Gasteiger partial charge in [0, 0.05) is 23.0 Å². The lowest BCUT2D eigenvalue weighted by atomic mass is 9.96. The number of aromatic nitrogens is 1. The lowest BCUT2D eigenvalue weighted by Gasteiger charge is -2.15. The number of allylic oxidation sites excluding steroid dienone is 2. The predicted molar refractivity (Wildman–Crippen MR) is 123 cm³/mol. The highest BCUT2D eigenvalue weighted by Crippen LogP contribution is 2.43. The van der Waals surface area contributed by atoms with Crippen LogP contribution in [0.15, 0.2) is 60.9 Å². The Labute approximate surface area is 191 Å². The van der Waals surface area contributed by atoms with Crippen molar-refractivity contribution in [2.45, 2.75) is 32.8 Å². The van der Waals surface area contributed by atoms with Crippen LogP contribution in [0.2, 0.25) is 5.02 Å². The number of nitrogens with zero attached hydrogens (tertiary/aromatic N) is 1. The van der Waals surface area contributed by atoms with Gasteiger partial charge in [0.25, 0.3) is 0 Å². The van der Waals surface area contributed by atoms with Crippen molar-refractivity contribution < 1.29 is 18.7 Å². The quantitative estimate of drug-likeness (QED) is 0.374. The topological polar surface area (TPSA) is 48.4 Å². The van der Waals surface area contributed by atoms with Crippen LogP contribution in [0.25, 0.3) is 11.1 Å². The molecule has 2 aromatic carbocycles. The number of hydrogen-bond donors (Lipinski definition) is 0. The zero-order valence-corrected chi connectivity index (χ0v) is 18.5. The molecule has 0 unspecified atom stereocenters. The van der Waals surface area contributed by atoms with Crippen molar-refractivity contribution in [3.63, 3.8) is 0 Å². The standard InChI is InChI=1S/C26H23ClFNO3/c1-2-31-26(30)19-12-18(14-29-15-19)22-4-3-5-23(22)24-13-20(27)8-11-25(24)32-16-17-6-9-21(28)10-7-17/h6-15H,2-5,16H2,1H3. The summed E-state index contributed by atoms with van der Waals surface area (Å²) in [6, 6.07) is 13.6. The van der Waals surface area contributed by atoms with E-state index in [0.29, 0.717) is 29.5 Å². The zero-order chi connectivity index (χ0) is 22.5. The van der Waals surface area contributed by atoms with Gasteiger partial charge >= 0.3 is 5.97 Å². The maximum Gasteiger partial charge on any atom is 0.339 e. The van der Waals surface area contributed by atoms with Gasteiger partial charge in [-0.3, -0.25) is 4.98 Å². The molecule has 4 nitrogen and oxygen atoms in total. The third-order valence-corrected chi connectivity index (χ3v) is 5.63. The number of esters is 1. The molecule has 0 fully saturated rings. The first kappa shape index (κ1) is 22.0. The summed E-state index contributed by atoms with van der Waals surface area (Å²) >= 11 is 6.33. The Hall–Kier alpha value is -3.18. The van der Waals surface area contributed by atoms with Gasteiger partial charge in [-0.05, 0) is 84.9 Å². The molecule has 1 heterocycles. The molecule has 3 aromatic rings. The van der Waals surface area contributed by atoms with Crippen molar-refractivity contribution in [2.24, 2.45) is 0 Å². The van der Waals surface area contributed by atoms with Gasteiger partial charge in [0.15, 0.2) is 0 Å². The van der Waals surface area contributed by atoms with Crippen molar-refractivity contribution in [3.8, 4) is 5.75 Å². The number of carbonyl (C=O) groups is 1. The Kier molecular flexibility index (Phi) is 6.86. The van der Waals surface area contributed by atoms with Gasteiger partial charge in [-0.15, -0.1) is 0 Å². The van der Waals surface area contributed by atoms with E-state index < -0.39 is 0 Å². The van der Waals surface area contributed by atoms with Crippen LogP contribution in [0, 0.1) is 5.82 Å². The molecule has 164 valence electrons. The lowest BCUT2D eigenvalue weighted by Crippen LogP contribution is -2.05. The van der Waals surface area contributed by atoms with Crippen LogP contribution in [-0.4, -0.2) is 17.6 Å².